The van der Waals surface area contributed by atoms with Crippen molar-refractivity contribution < 1.29 is 19.1 Å². The van der Waals surface area contributed by atoms with Crippen LogP contribution in [-0.2, 0) is 19.1 Å². The van der Waals surface area contributed by atoms with Crippen LogP contribution in [-0.4, -0.2) is 38.2 Å². The fraction of sp³-hybridized carbons (Fsp3) is 0.800. The number of hydrogen-bond donors (Lipinski definition) is 1. The summed E-state index contributed by atoms with van der Waals surface area (Å²) in [5, 5.41) is 2.56. The van der Waals surface area contributed by atoms with E-state index in [1.165, 1.54) is 7.11 Å². The molecule has 0 heterocycles. The number of esters is 1. The Kier molecular flexibility index (Phi) is 6.70. The molecule has 0 saturated heterocycles. The number of carbonyl (C=O) groups is 2. The summed E-state index contributed by atoms with van der Waals surface area (Å²) in [6.07, 6.45) is 0. The predicted octanol–water partition coefficient (Wildman–Crippen LogP) is 0.337. The van der Waals surface area contributed by atoms with E-state index in [0.29, 0.717) is 6.61 Å². The van der Waals surface area contributed by atoms with Gasteiger partial charge in [-0.1, -0.05) is 13.8 Å². The molecule has 1 atom stereocenters. The topological polar surface area (TPSA) is 64.6 Å². The summed E-state index contributed by atoms with van der Waals surface area (Å²) in [5.74, 6) is -0.730. The first-order valence-corrected chi connectivity index (χ1v) is 4.97. The second-order valence-corrected chi connectivity index (χ2v) is 3.47. The Morgan fingerprint density at radius 3 is 2.33 bits per heavy atom. The smallest absolute Gasteiger partial charge is 0.328 e. The molecule has 0 bridgehead atoms. The molecule has 1 amide bonds. The fourth-order valence-electron chi connectivity index (χ4n) is 1.08. The third-order valence-electron chi connectivity index (χ3n) is 1.80. The van der Waals surface area contributed by atoms with Gasteiger partial charge in [-0.25, -0.2) is 4.79 Å². The van der Waals surface area contributed by atoms with Crippen LogP contribution in [0.4, 0.5) is 0 Å². The van der Waals surface area contributed by atoms with E-state index in [9.17, 15) is 9.59 Å². The van der Waals surface area contributed by atoms with Crippen LogP contribution in [0.5, 0.6) is 0 Å². The Balaban J connectivity index is 4.27. The molecule has 0 aromatic rings. The van der Waals surface area contributed by atoms with Gasteiger partial charge >= 0.3 is 5.97 Å². The molecule has 0 aromatic heterocycles. The first kappa shape index (κ1) is 13.9. The minimum Gasteiger partial charge on any atom is -0.464 e. The van der Waals surface area contributed by atoms with Crippen molar-refractivity contribution in [1.29, 1.82) is 0 Å². The molecule has 0 aliphatic rings. The fourth-order valence-corrected chi connectivity index (χ4v) is 1.08. The molecule has 0 aromatic carbocycles. The van der Waals surface area contributed by atoms with Crippen molar-refractivity contribution in [2.75, 3.05) is 20.3 Å². The maximum Gasteiger partial charge on any atom is 0.328 e. The monoisotopic (exact) mass is 217 g/mol. The summed E-state index contributed by atoms with van der Waals surface area (Å²) < 4.78 is 9.51. The summed E-state index contributed by atoms with van der Waals surface area (Å²) in [6.45, 7) is 5.67. The van der Waals surface area contributed by atoms with Gasteiger partial charge in [-0.05, 0) is 12.8 Å². The van der Waals surface area contributed by atoms with E-state index in [0.717, 1.165) is 0 Å². The standard InChI is InChI=1S/C10H19NO4/c1-5-15-10(13)9(7(2)3)11-8(12)6-14-4/h7,9H,5-6H2,1-4H3,(H,11,12)/t9-/m0/s1. The van der Waals surface area contributed by atoms with Crippen LogP contribution in [0.3, 0.4) is 0 Å². The molecule has 0 aliphatic heterocycles. The van der Waals surface area contributed by atoms with Crippen molar-refractivity contribution in [3.05, 3.63) is 0 Å². The Hall–Kier alpha value is -1.10. The average Bonchev–Trinajstić information content (AvgIpc) is 2.14. The summed E-state index contributed by atoms with van der Waals surface area (Å²) in [6, 6.07) is -0.604. The summed E-state index contributed by atoms with van der Waals surface area (Å²) >= 11 is 0. The van der Waals surface area contributed by atoms with Gasteiger partial charge in [0, 0.05) is 7.11 Å². The van der Waals surface area contributed by atoms with Crippen molar-refractivity contribution in [3.63, 3.8) is 0 Å². The highest BCUT2D eigenvalue weighted by Gasteiger charge is 2.24. The summed E-state index contributed by atoms with van der Waals surface area (Å²) in [5.41, 5.74) is 0. The van der Waals surface area contributed by atoms with Crippen molar-refractivity contribution in [2.24, 2.45) is 5.92 Å². The van der Waals surface area contributed by atoms with E-state index in [-0.39, 0.29) is 18.4 Å². The Morgan fingerprint density at radius 2 is 1.93 bits per heavy atom. The third kappa shape index (κ3) is 5.37. The number of methoxy groups -OCH3 is 1. The molecule has 0 fully saturated rings. The zero-order chi connectivity index (χ0) is 11.8. The summed E-state index contributed by atoms with van der Waals surface area (Å²) in [4.78, 5) is 22.7. The van der Waals surface area contributed by atoms with E-state index in [2.05, 4.69) is 10.1 Å². The maximum atomic E-state index is 11.4. The van der Waals surface area contributed by atoms with Crippen LogP contribution in [0.25, 0.3) is 0 Å². The molecular formula is C10H19NO4. The zero-order valence-corrected chi connectivity index (χ0v) is 9.70. The van der Waals surface area contributed by atoms with Gasteiger partial charge in [0.2, 0.25) is 5.91 Å². The van der Waals surface area contributed by atoms with Crippen molar-refractivity contribution in [1.82, 2.24) is 5.32 Å². The molecule has 15 heavy (non-hydrogen) atoms. The lowest BCUT2D eigenvalue weighted by molar-refractivity contribution is -0.149. The second-order valence-electron chi connectivity index (χ2n) is 3.47. The highest BCUT2D eigenvalue weighted by Crippen LogP contribution is 2.03. The molecule has 0 radical (unpaired) electrons. The van der Waals surface area contributed by atoms with E-state index >= 15 is 0 Å². The lowest BCUT2D eigenvalue weighted by Gasteiger charge is -2.20. The molecule has 5 nitrogen and oxygen atoms in total. The molecule has 88 valence electrons. The van der Waals surface area contributed by atoms with Gasteiger partial charge in [0.15, 0.2) is 0 Å². The van der Waals surface area contributed by atoms with E-state index < -0.39 is 12.0 Å². The minimum absolute atomic E-state index is 0.00939. The molecule has 0 spiro atoms. The van der Waals surface area contributed by atoms with Gasteiger partial charge in [0.1, 0.15) is 12.6 Å². The molecule has 1 N–H and O–H groups in total. The molecule has 5 heteroatoms. The number of rotatable bonds is 6. The van der Waals surface area contributed by atoms with Gasteiger partial charge in [-0.3, -0.25) is 4.79 Å². The number of hydrogen-bond acceptors (Lipinski definition) is 4. The van der Waals surface area contributed by atoms with Crippen LogP contribution in [0, 0.1) is 5.92 Å². The number of amides is 1. The van der Waals surface area contributed by atoms with Gasteiger partial charge in [-0.15, -0.1) is 0 Å². The largest absolute Gasteiger partial charge is 0.464 e. The normalized spacial score (nSPS) is 12.3. The summed E-state index contributed by atoms with van der Waals surface area (Å²) in [7, 11) is 1.42. The number of nitrogens with one attached hydrogen (secondary N) is 1. The van der Waals surface area contributed by atoms with Crippen molar-refractivity contribution in [3.8, 4) is 0 Å². The van der Waals surface area contributed by atoms with Crippen LogP contribution >= 0.6 is 0 Å². The molecule has 0 rings (SSSR count). The number of carbonyl (C=O) groups excluding carboxylic acids is 2. The van der Waals surface area contributed by atoms with Crippen molar-refractivity contribution >= 4 is 11.9 Å². The second kappa shape index (κ2) is 7.23. The zero-order valence-electron chi connectivity index (χ0n) is 9.70. The SMILES string of the molecule is CCOC(=O)[C@@H](NC(=O)COC)C(C)C. The Morgan fingerprint density at radius 1 is 1.33 bits per heavy atom. The molecule has 0 aliphatic carbocycles. The highest BCUT2D eigenvalue weighted by molar-refractivity contribution is 5.85. The van der Waals surface area contributed by atoms with E-state index in [4.69, 9.17) is 4.74 Å². The highest BCUT2D eigenvalue weighted by atomic mass is 16.5. The molecular weight excluding hydrogens is 198 g/mol. The van der Waals surface area contributed by atoms with Crippen molar-refractivity contribution in [2.45, 2.75) is 26.8 Å². The first-order valence-electron chi connectivity index (χ1n) is 4.97. The van der Waals surface area contributed by atoms with Gasteiger partial charge in [0.05, 0.1) is 6.61 Å². The van der Waals surface area contributed by atoms with E-state index in [1.807, 2.05) is 13.8 Å². The lowest BCUT2D eigenvalue weighted by atomic mass is 10.0. The van der Waals surface area contributed by atoms with Crippen LogP contribution in [0.15, 0.2) is 0 Å². The van der Waals surface area contributed by atoms with Crippen LogP contribution in [0.2, 0.25) is 0 Å². The van der Waals surface area contributed by atoms with Crippen LogP contribution < -0.4 is 5.32 Å². The minimum atomic E-state index is -0.604. The number of ether oxygens (including phenoxy) is 2. The third-order valence-corrected chi connectivity index (χ3v) is 1.80. The molecule has 0 saturated carbocycles. The van der Waals surface area contributed by atoms with E-state index in [1.54, 1.807) is 6.92 Å². The molecule has 0 unspecified atom stereocenters. The van der Waals surface area contributed by atoms with Crippen LogP contribution in [0.1, 0.15) is 20.8 Å². The van der Waals surface area contributed by atoms with Gasteiger partial charge < -0.3 is 14.8 Å². The quantitative estimate of drug-likeness (QED) is 0.651. The maximum absolute atomic E-state index is 11.4. The lowest BCUT2D eigenvalue weighted by Crippen LogP contribution is -2.46. The first-order chi connectivity index (χ1) is 7.02. The van der Waals surface area contributed by atoms with Gasteiger partial charge in [0.25, 0.3) is 0 Å². The Bertz CT molecular complexity index is 215. The van der Waals surface area contributed by atoms with Gasteiger partial charge in [-0.2, -0.15) is 0 Å². The average molecular weight is 217 g/mol. The predicted molar refractivity (Wildman–Crippen MR) is 55.3 cm³/mol. The Labute approximate surface area is 90.1 Å².